The lowest BCUT2D eigenvalue weighted by atomic mass is 10.0. The third-order valence-electron chi connectivity index (χ3n) is 4.10. The summed E-state index contributed by atoms with van der Waals surface area (Å²) in [6.07, 6.45) is 3.81. The third kappa shape index (κ3) is 1.56. The van der Waals surface area contributed by atoms with Gasteiger partial charge in [-0.1, -0.05) is 0 Å². The zero-order chi connectivity index (χ0) is 10.3. The summed E-state index contributed by atoms with van der Waals surface area (Å²) < 4.78 is 0. The van der Waals surface area contributed by atoms with E-state index in [0.717, 1.165) is 13.1 Å². The highest BCUT2D eigenvalue weighted by molar-refractivity contribution is 5.79. The van der Waals surface area contributed by atoms with Crippen LogP contribution in [-0.2, 0) is 4.79 Å². The molecule has 3 rings (SSSR count). The minimum Gasteiger partial charge on any atom is -0.336 e. The lowest BCUT2D eigenvalue weighted by Crippen LogP contribution is -2.55. The van der Waals surface area contributed by atoms with Crippen molar-refractivity contribution < 1.29 is 4.79 Å². The second-order valence-electron chi connectivity index (χ2n) is 4.87. The standard InChI is InChI=1S/C11H19N3O/c15-11-8-12-4-7-14(11)10-3-6-13-5-1-2-9(10)13/h9-10,12H,1-8H2. The van der Waals surface area contributed by atoms with Gasteiger partial charge in [-0.05, 0) is 25.8 Å². The quantitative estimate of drug-likeness (QED) is 0.641. The first-order valence-electron chi connectivity index (χ1n) is 6.10. The second kappa shape index (κ2) is 3.76. The molecule has 15 heavy (non-hydrogen) atoms. The molecule has 3 saturated heterocycles. The van der Waals surface area contributed by atoms with Gasteiger partial charge in [0.1, 0.15) is 0 Å². The number of fused-ring (bicyclic) bond motifs is 1. The van der Waals surface area contributed by atoms with Crippen LogP contribution in [0.25, 0.3) is 0 Å². The molecule has 3 fully saturated rings. The number of piperazine rings is 1. The van der Waals surface area contributed by atoms with Crippen molar-refractivity contribution in [1.29, 1.82) is 0 Å². The van der Waals surface area contributed by atoms with Gasteiger partial charge >= 0.3 is 0 Å². The normalized spacial score (nSPS) is 37.3. The summed E-state index contributed by atoms with van der Waals surface area (Å²) in [5.41, 5.74) is 0. The van der Waals surface area contributed by atoms with Crippen LogP contribution >= 0.6 is 0 Å². The van der Waals surface area contributed by atoms with Crippen LogP contribution in [0.2, 0.25) is 0 Å². The van der Waals surface area contributed by atoms with Crippen LogP contribution in [0.5, 0.6) is 0 Å². The highest BCUT2D eigenvalue weighted by Gasteiger charge is 2.41. The molecule has 0 saturated carbocycles. The fourth-order valence-electron chi connectivity index (χ4n) is 3.39. The van der Waals surface area contributed by atoms with E-state index < -0.39 is 0 Å². The number of rotatable bonds is 1. The topological polar surface area (TPSA) is 35.6 Å². The van der Waals surface area contributed by atoms with E-state index in [4.69, 9.17) is 0 Å². The van der Waals surface area contributed by atoms with Crippen molar-refractivity contribution in [3.05, 3.63) is 0 Å². The molecule has 1 amide bonds. The molecule has 3 heterocycles. The van der Waals surface area contributed by atoms with E-state index in [9.17, 15) is 4.79 Å². The van der Waals surface area contributed by atoms with Crippen LogP contribution < -0.4 is 5.32 Å². The lowest BCUT2D eigenvalue weighted by Gasteiger charge is -2.35. The zero-order valence-corrected chi connectivity index (χ0v) is 9.11. The highest BCUT2D eigenvalue weighted by Crippen LogP contribution is 2.31. The molecule has 84 valence electrons. The maximum absolute atomic E-state index is 11.8. The molecule has 3 aliphatic rings. The molecule has 0 spiro atoms. The molecular formula is C11H19N3O. The third-order valence-corrected chi connectivity index (χ3v) is 4.10. The SMILES string of the molecule is O=C1CNCCN1C1CCN2CCCC12. The van der Waals surface area contributed by atoms with E-state index in [1.165, 1.54) is 32.4 Å². The first-order valence-corrected chi connectivity index (χ1v) is 6.10. The van der Waals surface area contributed by atoms with Gasteiger partial charge in [0, 0.05) is 31.7 Å². The Balaban J connectivity index is 1.73. The Kier molecular flexibility index (Phi) is 2.41. The Morgan fingerprint density at radius 1 is 1.13 bits per heavy atom. The first kappa shape index (κ1) is 9.60. The fraction of sp³-hybridized carbons (Fsp3) is 0.909. The van der Waals surface area contributed by atoms with Gasteiger partial charge in [-0.25, -0.2) is 0 Å². The zero-order valence-electron chi connectivity index (χ0n) is 9.11. The average Bonchev–Trinajstić information content (AvgIpc) is 2.80. The maximum atomic E-state index is 11.8. The summed E-state index contributed by atoms with van der Waals surface area (Å²) >= 11 is 0. The molecule has 0 aromatic rings. The van der Waals surface area contributed by atoms with Gasteiger partial charge in [0.2, 0.25) is 5.91 Å². The number of nitrogens with one attached hydrogen (secondary N) is 1. The van der Waals surface area contributed by atoms with Crippen molar-refractivity contribution in [2.75, 3.05) is 32.7 Å². The highest BCUT2D eigenvalue weighted by atomic mass is 16.2. The molecule has 0 aliphatic carbocycles. The summed E-state index contributed by atoms with van der Waals surface area (Å²) in [7, 11) is 0. The first-order chi connectivity index (χ1) is 7.36. The van der Waals surface area contributed by atoms with E-state index in [1.807, 2.05) is 0 Å². The Morgan fingerprint density at radius 2 is 2.07 bits per heavy atom. The van der Waals surface area contributed by atoms with Crippen molar-refractivity contribution in [2.24, 2.45) is 0 Å². The number of carbonyl (C=O) groups excluding carboxylic acids is 1. The van der Waals surface area contributed by atoms with Crippen LogP contribution in [0.1, 0.15) is 19.3 Å². The van der Waals surface area contributed by atoms with Gasteiger partial charge < -0.3 is 10.2 Å². The monoisotopic (exact) mass is 209 g/mol. The molecule has 0 aromatic heterocycles. The molecular weight excluding hydrogens is 190 g/mol. The smallest absolute Gasteiger partial charge is 0.236 e. The average molecular weight is 209 g/mol. The number of nitrogens with zero attached hydrogens (tertiary/aromatic N) is 2. The molecule has 0 radical (unpaired) electrons. The van der Waals surface area contributed by atoms with E-state index in [-0.39, 0.29) is 0 Å². The van der Waals surface area contributed by atoms with Gasteiger partial charge in [-0.15, -0.1) is 0 Å². The molecule has 4 nitrogen and oxygen atoms in total. The molecule has 1 N–H and O–H groups in total. The van der Waals surface area contributed by atoms with E-state index in [0.29, 0.717) is 24.5 Å². The largest absolute Gasteiger partial charge is 0.336 e. The molecule has 0 aromatic carbocycles. The number of hydrogen-bond donors (Lipinski definition) is 1. The predicted octanol–water partition coefficient (Wildman–Crippen LogP) is -0.345. The van der Waals surface area contributed by atoms with Gasteiger partial charge in [0.25, 0.3) is 0 Å². The van der Waals surface area contributed by atoms with Gasteiger partial charge in [0.05, 0.1) is 6.54 Å². The van der Waals surface area contributed by atoms with Crippen molar-refractivity contribution in [3.63, 3.8) is 0 Å². The lowest BCUT2D eigenvalue weighted by molar-refractivity contribution is -0.134. The van der Waals surface area contributed by atoms with Crippen LogP contribution in [0.3, 0.4) is 0 Å². The maximum Gasteiger partial charge on any atom is 0.236 e. The molecule has 3 aliphatic heterocycles. The fourth-order valence-corrected chi connectivity index (χ4v) is 3.39. The van der Waals surface area contributed by atoms with Crippen LogP contribution in [0, 0.1) is 0 Å². The molecule has 0 bridgehead atoms. The minimum absolute atomic E-state index is 0.306. The van der Waals surface area contributed by atoms with Gasteiger partial charge in [-0.3, -0.25) is 9.69 Å². The Bertz CT molecular complexity index is 269. The van der Waals surface area contributed by atoms with Crippen LogP contribution in [-0.4, -0.2) is 60.5 Å². The van der Waals surface area contributed by atoms with Crippen LogP contribution in [0.4, 0.5) is 0 Å². The summed E-state index contributed by atoms with van der Waals surface area (Å²) in [5.74, 6) is 0.306. The van der Waals surface area contributed by atoms with E-state index >= 15 is 0 Å². The number of carbonyl (C=O) groups is 1. The van der Waals surface area contributed by atoms with Gasteiger partial charge in [0.15, 0.2) is 0 Å². The van der Waals surface area contributed by atoms with Crippen molar-refractivity contribution in [1.82, 2.24) is 15.1 Å². The summed E-state index contributed by atoms with van der Waals surface area (Å²) in [5, 5.41) is 3.14. The summed E-state index contributed by atoms with van der Waals surface area (Å²) in [6.45, 7) is 4.88. The molecule has 4 heteroatoms. The summed E-state index contributed by atoms with van der Waals surface area (Å²) in [4.78, 5) is 16.5. The molecule has 2 unspecified atom stereocenters. The van der Waals surface area contributed by atoms with Crippen molar-refractivity contribution >= 4 is 5.91 Å². The summed E-state index contributed by atoms with van der Waals surface area (Å²) in [6, 6.07) is 1.19. The van der Waals surface area contributed by atoms with Gasteiger partial charge in [-0.2, -0.15) is 0 Å². The van der Waals surface area contributed by atoms with Crippen molar-refractivity contribution in [2.45, 2.75) is 31.3 Å². The minimum atomic E-state index is 0.306. The van der Waals surface area contributed by atoms with E-state index in [2.05, 4.69) is 15.1 Å². The molecule has 2 atom stereocenters. The Hall–Kier alpha value is -0.610. The Morgan fingerprint density at radius 3 is 2.93 bits per heavy atom. The number of hydrogen-bond acceptors (Lipinski definition) is 3. The number of amides is 1. The van der Waals surface area contributed by atoms with Crippen molar-refractivity contribution in [3.8, 4) is 0 Å². The second-order valence-corrected chi connectivity index (χ2v) is 4.87. The predicted molar refractivity (Wildman–Crippen MR) is 57.6 cm³/mol. The van der Waals surface area contributed by atoms with Crippen LogP contribution in [0.15, 0.2) is 0 Å². The van der Waals surface area contributed by atoms with E-state index in [1.54, 1.807) is 0 Å². The Labute approximate surface area is 90.6 Å².